The van der Waals surface area contributed by atoms with Gasteiger partial charge in [0.05, 0.1) is 0 Å². The number of carbonyl (C=O) groups excluding carboxylic acids is 1. The first kappa shape index (κ1) is 12.7. The van der Waals surface area contributed by atoms with Crippen LogP contribution in [0.4, 0.5) is 5.69 Å². The van der Waals surface area contributed by atoms with E-state index in [0.717, 1.165) is 11.3 Å². The van der Waals surface area contributed by atoms with Crippen molar-refractivity contribution in [2.75, 3.05) is 11.4 Å². The van der Waals surface area contributed by atoms with E-state index in [0.29, 0.717) is 0 Å². The zero-order valence-corrected chi connectivity index (χ0v) is 10.4. The maximum Gasteiger partial charge on any atom is 0.238 e. The molecule has 19 heavy (non-hydrogen) atoms. The highest BCUT2D eigenvalue weighted by Gasteiger charge is 2.05. The Kier molecular flexibility index (Phi) is 4.20. The molecule has 0 radical (unpaired) electrons. The molecule has 0 fully saturated rings. The van der Waals surface area contributed by atoms with Crippen LogP contribution in [-0.4, -0.2) is 12.5 Å². The number of primary amides is 1. The lowest BCUT2D eigenvalue weighted by Crippen LogP contribution is -2.30. The Bertz CT molecular complexity index is 597. The standard InChI is InChI=1S/C16H14N2O/c17-16(19)13-18(15-9-5-2-6-10-15)12-11-14-7-3-1-4-8-14/h1-10H,13H2,(H2,17,19). The van der Waals surface area contributed by atoms with Crippen LogP contribution in [0, 0.1) is 12.0 Å². The molecular weight excluding hydrogens is 236 g/mol. The van der Waals surface area contributed by atoms with Crippen molar-refractivity contribution in [2.45, 2.75) is 0 Å². The second-order valence-corrected chi connectivity index (χ2v) is 3.99. The van der Waals surface area contributed by atoms with Crippen LogP contribution in [0.1, 0.15) is 5.56 Å². The second-order valence-electron chi connectivity index (χ2n) is 3.99. The van der Waals surface area contributed by atoms with E-state index in [2.05, 4.69) is 12.0 Å². The molecule has 3 heteroatoms. The molecule has 0 atom stereocenters. The van der Waals surface area contributed by atoms with Crippen molar-refractivity contribution in [2.24, 2.45) is 5.73 Å². The molecule has 0 bridgehead atoms. The van der Waals surface area contributed by atoms with Gasteiger partial charge >= 0.3 is 0 Å². The highest BCUT2D eigenvalue weighted by Crippen LogP contribution is 2.11. The van der Waals surface area contributed by atoms with Gasteiger partial charge in [-0.25, -0.2) is 0 Å². The summed E-state index contributed by atoms with van der Waals surface area (Å²) in [6, 6.07) is 22.1. The summed E-state index contributed by atoms with van der Waals surface area (Å²) in [5.41, 5.74) is 7.00. The van der Waals surface area contributed by atoms with Gasteiger partial charge in [-0.1, -0.05) is 36.4 Å². The van der Waals surface area contributed by atoms with Crippen molar-refractivity contribution < 1.29 is 4.79 Å². The van der Waals surface area contributed by atoms with Crippen LogP contribution in [0.3, 0.4) is 0 Å². The summed E-state index contributed by atoms with van der Waals surface area (Å²) in [5, 5.41) is 0. The molecule has 0 spiro atoms. The largest absolute Gasteiger partial charge is 0.368 e. The summed E-state index contributed by atoms with van der Waals surface area (Å²) in [5.74, 6) is 2.61. The number of hydrogen-bond acceptors (Lipinski definition) is 2. The number of anilines is 1. The number of carbonyl (C=O) groups is 1. The molecule has 0 aliphatic heterocycles. The monoisotopic (exact) mass is 250 g/mol. The Hall–Kier alpha value is -2.73. The van der Waals surface area contributed by atoms with Crippen LogP contribution in [0.15, 0.2) is 60.7 Å². The van der Waals surface area contributed by atoms with Gasteiger partial charge in [0.1, 0.15) is 6.54 Å². The summed E-state index contributed by atoms with van der Waals surface area (Å²) in [4.78, 5) is 12.8. The van der Waals surface area contributed by atoms with E-state index in [1.807, 2.05) is 60.7 Å². The first-order valence-electron chi connectivity index (χ1n) is 5.93. The maximum atomic E-state index is 11.1. The van der Waals surface area contributed by atoms with Gasteiger partial charge in [-0.2, -0.15) is 0 Å². The quantitative estimate of drug-likeness (QED) is 0.669. The molecule has 1 amide bonds. The average molecular weight is 250 g/mol. The average Bonchev–Trinajstić information content (AvgIpc) is 2.45. The molecule has 0 aliphatic carbocycles. The van der Waals surface area contributed by atoms with Gasteiger partial charge in [0, 0.05) is 17.3 Å². The van der Waals surface area contributed by atoms with Crippen molar-refractivity contribution >= 4 is 11.6 Å². The Labute approximate surface area is 112 Å². The molecule has 2 rings (SSSR count). The van der Waals surface area contributed by atoms with Gasteiger partial charge < -0.3 is 5.73 Å². The molecule has 0 heterocycles. The number of para-hydroxylation sites is 1. The van der Waals surface area contributed by atoms with Crippen molar-refractivity contribution in [3.05, 3.63) is 66.2 Å². The van der Waals surface area contributed by atoms with Crippen LogP contribution < -0.4 is 10.6 Å². The van der Waals surface area contributed by atoms with Crippen LogP contribution in [0.2, 0.25) is 0 Å². The zero-order valence-electron chi connectivity index (χ0n) is 10.4. The number of hydrogen-bond donors (Lipinski definition) is 1. The lowest BCUT2D eigenvalue weighted by molar-refractivity contribution is -0.116. The minimum Gasteiger partial charge on any atom is -0.368 e. The summed E-state index contributed by atoms with van der Waals surface area (Å²) in [6.07, 6.45) is 0. The van der Waals surface area contributed by atoms with Gasteiger partial charge in [-0.05, 0) is 30.2 Å². The Morgan fingerprint density at radius 1 is 1.00 bits per heavy atom. The lowest BCUT2D eigenvalue weighted by Gasteiger charge is -2.15. The second kappa shape index (κ2) is 6.27. The van der Waals surface area contributed by atoms with Crippen molar-refractivity contribution in [3.8, 4) is 12.0 Å². The minimum atomic E-state index is -0.411. The molecule has 0 saturated carbocycles. The van der Waals surface area contributed by atoms with E-state index >= 15 is 0 Å². The van der Waals surface area contributed by atoms with Crippen LogP contribution in [0.25, 0.3) is 0 Å². The maximum absolute atomic E-state index is 11.1. The molecule has 0 aliphatic rings. The fourth-order valence-electron chi connectivity index (χ4n) is 1.61. The highest BCUT2D eigenvalue weighted by atomic mass is 16.1. The predicted molar refractivity (Wildman–Crippen MR) is 76.3 cm³/mol. The minimum absolute atomic E-state index is 0.0733. The van der Waals surface area contributed by atoms with Gasteiger partial charge in [0.25, 0.3) is 0 Å². The van der Waals surface area contributed by atoms with Crippen LogP contribution in [0.5, 0.6) is 0 Å². The third kappa shape index (κ3) is 3.90. The van der Waals surface area contributed by atoms with Gasteiger partial charge in [-0.15, -0.1) is 0 Å². The van der Waals surface area contributed by atoms with Crippen molar-refractivity contribution in [1.29, 1.82) is 0 Å². The van der Waals surface area contributed by atoms with Crippen molar-refractivity contribution in [3.63, 3.8) is 0 Å². The van der Waals surface area contributed by atoms with E-state index in [4.69, 9.17) is 5.73 Å². The predicted octanol–water partition coefficient (Wildman–Crippen LogP) is 1.99. The third-order valence-electron chi connectivity index (χ3n) is 2.49. The number of rotatable bonds is 3. The topological polar surface area (TPSA) is 46.3 Å². The van der Waals surface area contributed by atoms with Gasteiger partial charge in [0.2, 0.25) is 5.91 Å². The molecule has 2 N–H and O–H groups in total. The molecule has 0 aromatic heterocycles. The molecule has 0 unspecified atom stereocenters. The SMILES string of the molecule is NC(=O)CN(C#Cc1ccccc1)c1ccccc1. The highest BCUT2D eigenvalue weighted by molar-refractivity contribution is 5.80. The van der Waals surface area contributed by atoms with Crippen LogP contribution in [-0.2, 0) is 4.79 Å². The van der Waals surface area contributed by atoms with Gasteiger partial charge in [0.15, 0.2) is 0 Å². The smallest absolute Gasteiger partial charge is 0.238 e. The summed E-state index contributed by atoms with van der Waals surface area (Å²) in [6.45, 7) is 0.0733. The van der Waals surface area contributed by atoms with E-state index in [9.17, 15) is 4.79 Å². The zero-order chi connectivity index (χ0) is 13.5. The Morgan fingerprint density at radius 2 is 1.58 bits per heavy atom. The Balaban J connectivity index is 2.25. The first-order valence-corrected chi connectivity index (χ1v) is 5.93. The third-order valence-corrected chi connectivity index (χ3v) is 2.49. The summed E-state index contributed by atoms with van der Waals surface area (Å²) in [7, 11) is 0. The molecule has 2 aromatic carbocycles. The number of nitrogens with zero attached hydrogens (tertiary/aromatic N) is 1. The lowest BCUT2D eigenvalue weighted by atomic mass is 10.2. The fourth-order valence-corrected chi connectivity index (χ4v) is 1.61. The van der Waals surface area contributed by atoms with Crippen LogP contribution >= 0.6 is 0 Å². The molecular formula is C16H14N2O. The molecule has 2 aromatic rings. The Morgan fingerprint density at radius 3 is 2.16 bits per heavy atom. The summed E-state index contributed by atoms with van der Waals surface area (Å²) < 4.78 is 0. The fraction of sp³-hybridized carbons (Fsp3) is 0.0625. The van der Waals surface area contributed by atoms with Crippen molar-refractivity contribution in [1.82, 2.24) is 0 Å². The first-order chi connectivity index (χ1) is 9.25. The van der Waals surface area contributed by atoms with E-state index in [1.165, 1.54) is 0 Å². The summed E-state index contributed by atoms with van der Waals surface area (Å²) >= 11 is 0. The van der Waals surface area contributed by atoms with E-state index in [-0.39, 0.29) is 6.54 Å². The number of benzene rings is 2. The number of amides is 1. The molecule has 94 valence electrons. The molecule has 0 saturated heterocycles. The normalized spacial score (nSPS) is 9.26. The van der Waals surface area contributed by atoms with E-state index in [1.54, 1.807) is 4.90 Å². The molecule has 3 nitrogen and oxygen atoms in total. The number of nitrogens with two attached hydrogens (primary N) is 1. The van der Waals surface area contributed by atoms with Gasteiger partial charge in [-0.3, -0.25) is 9.69 Å². The van der Waals surface area contributed by atoms with E-state index < -0.39 is 5.91 Å².